The van der Waals surface area contributed by atoms with Gasteiger partial charge in [-0.05, 0) is 19.1 Å². The molecule has 0 saturated carbocycles. The molecule has 0 heterocycles. The molecule has 1 rings (SSSR count). The lowest BCUT2D eigenvalue weighted by Gasteiger charge is -2.13. The zero-order chi connectivity index (χ0) is 10.6. The standard InChI is InChI=1S/C10H13FN2O/c1-7(10(14)12-2)13-9-6-4-3-5-8(9)11/h3-7,13H,1-2H3,(H,12,14). The van der Waals surface area contributed by atoms with Crippen LogP contribution < -0.4 is 10.6 Å². The molecule has 4 heteroatoms. The summed E-state index contributed by atoms with van der Waals surface area (Å²) in [6.07, 6.45) is 0. The Morgan fingerprint density at radius 3 is 2.64 bits per heavy atom. The predicted molar refractivity (Wildman–Crippen MR) is 53.6 cm³/mol. The summed E-state index contributed by atoms with van der Waals surface area (Å²) < 4.78 is 13.1. The average Bonchev–Trinajstić information content (AvgIpc) is 2.20. The summed E-state index contributed by atoms with van der Waals surface area (Å²) >= 11 is 0. The van der Waals surface area contributed by atoms with E-state index in [9.17, 15) is 9.18 Å². The van der Waals surface area contributed by atoms with Crippen molar-refractivity contribution in [1.82, 2.24) is 5.32 Å². The summed E-state index contributed by atoms with van der Waals surface area (Å²) in [5, 5.41) is 5.25. The normalized spacial score (nSPS) is 11.9. The highest BCUT2D eigenvalue weighted by Gasteiger charge is 2.11. The van der Waals surface area contributed by atoms with Crippen molar-refractivity contribution < 1.29 is 9.18 Å². The quantitative estimate of drug-likeness (QED) is 0.766. The Balaban J connectivity index is 2.69. The first-order valence-corrected chi connectivity index (χ1v) is 4.38. The van der Waals surface area contributed by atoms with Crippen LogP contribution in [-0.2, 0) is 4.79 Å². The van der Waals surface area contributed by atoms with Crippen molar-refractivity contribution in [3.05, 3.63) is 30.1 Å². The Kier molecular flexibility index (Phi) is 3.45. The van der Waals surface area contributed by atoms with E-state index in [-0.39, 0.29) is 11.7 Å². The monoisotopic (exact) mass is 196 g/mol. The average molecular weight is 196 g/mol. The molecule has 0 aliphatic rings. The number of amides is 1. The summed E-state index contributed by atoms with van der Waals surface area (Å²) in [4.78, 5) is 11.1. The summed E-state index contributed by atoms with van der Waals surface area (Å²) in [5.41, 5.74) is 0.337. The van der Waals surface area contributed by atoms with Crippen LogP contribution in [-0.4, -0.2) is 19.0 Å². The molecule has 0 spiro atoms. The first-order chi connectivity index (χ1) is 6.65. The van der Waals surface area contributed by atoms with Gasteiger partial charge in [0.05, 0.1) is 5.69 Å². The van der Waals surface area contributed by atoms with E-state index in [1.807, 2.05) is 0 Å². The Hall–Kier alpha value is -1.58. The topological polar surface area (TPSA) is 41.1 Å². The Morgan fingerprint density at radius 2 is 2.07 bits per heavy atom. The van der Waals surface area contributed by atoms with Crippen LogP contribution in [0, 0.1) is 5.82 Å². The lowest BCUT2D eigenvalue weighted by molar-refractivity contribution is -0.121. The first-order valence-electron chi connectivity index (χ1n) is 4.38. The Bertz CT molecular complexity index is 328. The minimum atomic E-state index is -0.447. The number of para-hydroxylation sites is 1. The predicted octanol–water partition coefficient (Wildman–Crippen LogP) is 1.37. The van der Waals surface area contributed by atoms with Crippen LogP contribution in [0.5, 0.6) is 0 Å². The van der Waals surface area contributed by atoms with Gasteiger partial charge in [-0.1, -0.05) is 12.1 Å². The van der Waals surface area contributed by atoms with Crippen LogP contribution in [0.15, 0.2) is 24.3 Å². The maximum absolute atomic E-state index is 13.1. The lowest BCUT2D eigenvalue weighted by Crippen LogP contribution is -2.35. The third kappa shape index (κ3) is 2.45. The van der Waals surface area contributed by atoms with Gasteiger partial charge in [0.15, 0.2) is 0 Å². The maximum atomic E-state index is 13.1. The fourth-order valence-electron chi connectivity index (χ4n) is 1.09. The van der Waals surface area contributed by atoms with Crippen molar-refractivity contribution in [2.24, 2.45) is 0 Å². The molecule has 0 aliphatic carbocycles. The number of hydrogen-bond acceptors (Lipinski definition) is 2. The number of carbonyl (C=O) groups excluding carboxylic acids is 1. The Labute approximate surface area is 82.3 Å². The van der Waals surface area contributed by atoms with E-state index in [1.165, 1.54) is 6.07 Å². The van der Waals surface area contributed by atoms with Gasteiger partial charge in [0, 0.05) is 7.05 Å². The zero-order valence-corrected chi connectivity index (χ0v) is 8.17. The molecule has 0 aliphatic heterocycles. The first kappa shape index (κ1) is 10.5. The molecule has 2 N–H and O–H groups in total. The highest BCUT2D eigenvalue weighted by atomic mass is 19.1. The molecule has 76 valence electrons. The molecular weight excluding hydrogens is 183 g/mol. The number of benzene rings is 1. The SMILES string of the molecule is CNC(=O)C(C)Nc1ccccc1F. The van der Waals surface area contributed by atoms with Crippen LogP contribution in [0.4, 0.5) is 10.1 Å². The minimum Gasteiger partial charge on any atom is -0.372 e. The molecule has 0 fully saturated rings. The number of nitrogens with one attached hydrogen (secondary N) is 2. The van der Waals surface area contributed by atoms with Crippen LogP contribution in [0.3, 0.4) is 0 Å². The molecule has 1 atom stereocenters. The van der Waals surface area contributed by atoms with E-state index in [0.717, 1.165) is 0 Å². The van der Waals surface area contributed by atoms with Gasteiger partial charge in [0.1, 0.15) is 11.9 Å². The van der Waals surface area contributed by atoms with Gasteiger partial charge in [-0.3, -0.25) is 4.79 Å². The molecule has 1 unspecified atom stereocenters. The highest BCUT2D eigenvalue weighted by Crippen LogP contribution is 2.13. The smallest absolute Gasteiger partial charge is 0.241 e. The molecule has 0 saturated heterocycles. The number of carbonyl (C=O) groups is 1. The third-order valence-electron chi connectivity index (χ3n) is 1.89. The van der Waals surface area contributed by atoms with Crippen LogP contribution in [0.1, 0.15) is 6.92 Å². The fourth-order valence-corrected chi connectivity index (χ4v) is 1.09. The molecule has 0 aromatic heterocycles. The molecule has 1 aromatic rings. The fraction of sp³-hybridized carbons (Fsp3) is 0.300. The molecule has 14 heavy (non-hydrogen) atoms. The number of rotatable bonds is 3. The van der Waals surface area contributed by atoms with E-state index < -0.39 is 6.04 Å². The van der Waals surface area contributed by atoms with E-state index in [2.05, 4.69) is 10.6 Å². The van der Waals surface area contributed by atoms with Gasteiger partial charge < -0.3 is 10.6 Å². The molecule has 0 radical (unpaired) electrons. The summed E-state index contributed by atoms with van der Waals surface area (Å²) in [7, 11) is 1.54. The van der Waals surface area contributed by atoms with Gasteiger partial charge in [-0.15, -0.1) is 0 Å². The van der Waals surface area contributed by atoms with Gasteiger partial charge in [0.25, 0.3) is 0 Å². The van der Waals surface area contributed by atoms with Gasteiger partial charge in [-0.2, -0.15) is 0 Å². The maximum Gasteiger partial charge on any atom is 0.241 e. The lowest BCUT2D eigenvalue weighted by atomic mass is 10.2. The van der Waals surface area contributed by atoms with E-state index in [4.69, 9.17) is 0 Å². The van der Waals surface area contributed by atoms with Crippen molar-refractivity contribution in [1.29, 1.82) is 0 Å². The zero-order valence-electron chi connectivity index (χ0n) is 8.17. The van der Waals surface area contributed by atoms with Crippen molar-refractivity contribution in [3.63, 3.8) is 0 Å². The largest absolute Gasteiger partial charge is 0.372 e. The number of anilines is 1. The van der Waals surface area contributed by atoms with Gasteiger partial charge >= 0.3 is 0 Å². The molecular formula is C10H13FN2O. The number of hydrogen-bond donors (Lipinski definition) is 2. The molecule has 1 aromatic carbocycles. The summed E-state index contributed by atoms with van der Waals surface area (Å²) in [6, 6.07) is 5.80. The Morgan fingerprint density at radius 1 is 1.43 bits per heavy atom. The minimum absolute atomic E-state index is 0.173. The van der Waals surface area contributed by atoms with Gasteiger partial charge in [-0.25, -0.2) is 4.39 Å². The van der Waals surface area contributed by atoms with Crippen molar-refractivity contribution in [2.75, 3.05) is 12.4 Å². The van der Waals surface area contributed by atoms with E-state index in [1.54, 1.807) is 32.2 Å². The second kappa shape index (κ2) is 4.60. The van der Waals surface area contributed by atoms with Crippen LogP contribution in [0.25, 0.3) is 0 Å². The molecule has 3 nitrogen and oxygen atoms in total. The number of likely N-dealkylation sites (N-methyl/N-ethyl adjacent to an activating group) is 1. The van der Waals surface area contributed by atoms with Crippen molar-refractivity contribution in [2.45, 2.75) is 13.0 Å². The van der Waals surface area contributed by atoms with Crippen LogP contribution in [0.2, 0.25) is 0 Å². The summed E-state index contributed by atoms with van der Waals surface area (Å²) in [5.74, 6) is -0.531. The highest BCUT2D eigenvalue weighted by molar-refractivity contribution is 5.83. The van der Waals surface area contributed by atoms with E-state index in [0.29, 0.717) is 5.69 Å². The van der Waals surface area contributed by atoms with Crippen molar-refractivity contribution >= 4 is 11.6 Å². The molecule has 0 bridgehead atoms. The second-order valence-corrected chi connectivity index (χ2v) is 2.96. The summed E-state index contributed by atoms with van der Waals surface area (Å²) in [6.45, 7) is 1.67. The number of halogens is 1. The van der Waals surface area contributed by atoms with Crippen molar-refractivity contribution in [3.8, 4) is 0 Å². The van der Waals surface area contributed by atoms with E-state index >= 15 is 0 Å². The third-order valence-corrected chi connectivity index (χ3v) is 1.89. The van der Waals surface area contributed by atoms with Crippen LogP contribution >= 0.6 is 0 Å². The van der Waals surface area contributed by atoms with Gasteiger partial charge in [0.2, 0.25) is 5.91 Å². The molecule has 1 amide bonds. The second-order valence-electron chi connectivity index (χ2n) is 2.96.